The van der Waals surface area contributed by atoms with Crippen LogP contribution in [0.4, 0.5) is 11.6 Å². The van der Waals surface area contributed by atoms with Crippen molar-refractivity contribution in [3.8, 4) is 5.75 Å². The molecule has 0 spiro atoms. The van der Waals surface area contributed by atoms with Crippen molar-refractivity contribution in [2.45, 2.75) is 43.1 Å². The lowest BCUT2D eigenvalue weighted by Gasteiger charge is -2.17. The number of primary sulfonamides is 1. The minimum absolute atomic E-state index is 0.0546. The van der Waals surface area contributed by atoms with Gasteiger partial charge in [0.25, 0.3) is 0 Å². The van der Waals surface area contributed by atoms with Crippen LogP contribution in [-0.2, 0) is 10.0 Å². The summed E-state index contributed by atoms with van der Waals surface area (Å²) in [7, 11) is -3.72. The number of hydrogen-bond acceptors (Lipinski definition) is 7. The molecule has 0 radical (unpaired) electrons. The second kappa shape index (κ2) is 9.05. The van der Waals surface area contributed by atoms with Crippen molar-refractivity contribution in [1.82, 2.24) is 15.0 Å². The molecular formula is C23H25N5O3S. The van der Waals surface area contributed by atoms with E-state index in [1.165, 1.54) is 12.1 Å². The van der Waals surface area contributed by atoms with Gasteiger partial charge in [0.2, 0.25) is 16.0 Å². The maximum absolute atomic E-state index is 11.4. The Morgan fingerprint density at radius 1 is 1.12 bits per heavy atom. The molecule has 0 amide bonds. The van der Waals surface area contributed by atoms with Crippen LogP contribution >= 0.6 is 0 Å². The van der Waals surface area contributed by atoms with Crippen LogP contribution in [0.3, 0.4) is 0 Å². The SMILES string of the molecule is C=C(C)c1ccncc1O[C@H]1CC[C@@H](c2cnc(Nc3ccc(S(N)(=O)=O)cc3)nc2)C1. The molecule has 2 aromatic heterocycles. The lowest BCUT2D eigenvalue weighted by atomic mass is 10.0. The number of pyridine rings is 1. The fraction of sp³-hybridized carbons (Fsp3) is 0.261. The summed E-state index contributed by atoms with van der Waals surface area (Å²) in [5.41, 5.74) is 3.67. The highest BCUT2D eigenvalue weighted by atomic mass is 32.2. The number of sulfonamides is 1. The monoisotopic (exact) mass is 451 g/mol. The van der Waals surface area contributed by atoms with Crippen molar-refractivity contribution in [3.63, 3.8) is 0 Å². The zero-order valence-electron chi connectivity index (χ0n) is 17.7. The molecule has 166 valence electrons. The standard InChI is InChI=1S/C23H25N5O3S/c1-15(2)21-9-10-25-14-22(21)31-19-6-3-16(11-19)17-12-26-23(27-13-17)28-18-4-7-20(8-5-18)32(24,29)30/h4-5,7-10,12-14,16,19H,1,3,6,11H2,2H3,(H2,24,29,30)(H,26,27,28)/t16-,19+/m1/s1. The third kappa shape index (κ3) is 5.12. The fourth-order valence-corrected chi connectivity index (χ4v) is 4.34. The van der Waals surface area contributed by atoms with Gasteiger partial charge in [-0.2, -0.15) is 0 Å². The third-order valence-corrected chi connectivity index (χ3v) is 6.43. The normalized spacial score (nSPS) is 18.3. The molecule has 0 bridgehead atoms. The average Bonchev–Trinajstić information content (AvgIpc) is 3.23. The third-order valence-electron chi connectivity index (χ3n) is 5.50. The smallest absolute Gasteiger partial charge is 0.238 e. The molecule has 3 aromatic rings. The summed E-state index contributed by atoms with van der Waals surface area (Å²) >= 11 is 0. The van der Waals surface area contributed by atoms with E-state index in [2.05, 4.69) is 26.8 Å². The molecule has 4 rings (SSSR count). The minimum Gasteiger partial charge on any atom is -0.488 e. The Bertz CT molecular complexity index is 1210. The molecule has 1 aliphatic carbocycles. The number of ether oxygens (including phenoxy) is 1. The van der Waals surface area contributed by atoms with Crippen LogP contribution in [0.5, 0.6) is 5.75 Å². The zero-order chi connectivity index (χ0) is 22.7. The first-order valence-electron chi connectivity index (χ1n) is 10.3. The second-order valence-electron chi connectivity index (χ2n) is 7.94. The highest BCUT2D eigenvalue weighted by Gasteiger charge is 2.28. The van der Waals surface area contributed by atoms with Gasteiger partial charge >= 0.3 is 0 Å². The number of hydrogen-bond donors (Lipinski definition) is 2. The summed E-state index contributed by atoms with van der Waals surface area (Å²) in [6, 6.07) is 8.03. The van der Waals surface area contributed by atoms with E-state index in [-0.39, 0.29) is 11.0 Å². The Hall–Kier alpha value is -3.30. The first-order chi connectivity index (χ1) is 15.3. The molecule has 9 heteroatoms. The molecule has 0 saturated heterocycles. The molecule has 0 unspecified atom stereocenters. The Morgan fingerprint density at radius 3 is 2.50 bits per heavy atom. The molecule has 8 nitrogen and oxygen atoms in total. The maximum Gasteiger partial charge on any atom is 0.238 e. The van der Waals surface area contributed by atoms with Gasteiger partial charge in [-0.1, -0.05) is 6.58 Å². The van der Waals surface area contributed by atoms with Gasteiger partial charge in [-0.3, -0.25) is 4.98 Å². The number of nitrogens with one attached hydrogen (secondary N) is 1. The summed E-state index contributed by atoms with van der Waals surface area (Å²) in [5.74, 6) is 1.53. The number of nitrogens with zero attached hydrogens (tertiary/aromatic N) is 3. The summed E-state index contributed by atoms with van der Waals surface area (Å²) in [6.45, 7) is 5.97. The van der Waals surface area contributed by atoms with E-state index in [1.54, 1.807) is 24.5 Å². The van der Waals surface area contributed by atoms with Crippen molar-refractivity contribution in [2.24, 2.45) is 5.14 Å². The van der Waals surface area contributed by atoms with Crippen LogP contribution in [0, 0.1) is 0 Å². The van der Waals surface area contributed by atoms with Crippen LogP contribution in [0.15, 0.2) is 66.6 Å². The van der Waals surface area contributed by atoms with Gasteiger partial charge in [0, 0.05) is 29.8 Å². The Kier molecular flexibility index (Phi) is 6.20. The largest absolute Gasteiger partial charge is 0.488 e. The minimum atomic E-state index is -3.72. The molecule has 2 heterocycles. The number of anilines is 2. The number of nitrogens with two attached hydrogens (primary N) is 1. The van der Waals surface area contributed by atoms with E-state index in [1.807, 2.05) is 25.4 Å². The molecule has 0 aliphatic heterocycles. The average molecular weight is 452 g/mol. The summed E-state index contributed by atoms with van der Waals surface area (Å²) < 4.78 is 28.9. The Labute approximate surface area is 187 Å². The summed E-state index contributed by atoms with van der Waals surface area (Å²) in [4.78, 5) is 13.1. The molecule has 1 fully saturated rings. The Morgan fingerprint density at radius 2 is 1.84 bits per heavy atom. The van der Waals surface area contributed by atoms with Gasteiger partial charge in [0.15, 0.2) is 0 Å². The van der Waals surface area contributed by atoms with Crippen molar-refractivity contribution >= 4 is 27.2 Å². The molecule has 1 aromatic carbocycles. The quantitative estimate of drug-likeness (QED) is 0.557. The molecule has 32 heavy (non-hydrogen) atoms. The molecule has 1 saturated carbocycles. The van der Waals surface area contributed by atoms with Crippen LogP contribution < -0.4 is 15.2 Å². The van der Waals surface area contributed by atoms with Gasteiger partial charge in [-0.05, 0) is 73.6 Å². The van der Waals surface area contributed by atoms with Crippen LogP contribution in [0.2, 0.25) is 0 Å². The summed E-state index contributed by atoms with van der Waals surface area (Å²) in [6.07, 6.45) is 10.1. The van der Waals surface area contributed by atoms with Crippen molar-refractivity contribution in [1.29, 1.82) is 0 Å². The lowest BCUT2D eigenvalue weighted by molar-refractivity contribution is 0.206. The molecule has 3 N–H and O–H groups in total. The van der Waals surface area contributed by atoms with Crippen molar-refractivity contribution in [2.75, 3.05) is 5.32 Å². The topological polar surface area (TPSA) is 120 Å². The van der Waals surface area contributed by atoms with Crippen molar-refractivity contribution in [3.05, 3.63) is 72.8 Å². The number of rotatable bonds is 7. The highest BCUT2D eigenvalue weighted by Crippen LogP contribution is 2.37. The fourth-order valence-electron chi connectivity index (χ4n) is 3.83. The van der Waals surface area contributed by atoms with E-state index in [4.69, 9.17) is 9.88 Å². The first-order valence-corrected chi connectivity index (χ1v) is 11.8. The second-order valence-corrected chi connectivity index (χ2v) is 9.50. The van der Waals surface area contributed by atoms with Gasteiger partial charge < -0.3 is 10.1 Å². The predicted molar refractivity (Wildman–Crippen MR) is 123 cm³/mol. The number of benzene rings is 1. The maximum atomic E-state index is 11.4. The van der Waals surface area contributed by atoms with E-state index in [0.717, 1.165) is 41.7 Å². The Balaban J connectivity index is 1.37. The zero-order valence-corrected chi connectivity index (χ0v) is 18.5. The van der Waals surface area contributed by atoms with Gasteiger partial charge in [0.05, 0.1) is 17.2 Å². The van der Waals surface area contributed by atoms with E-state index >= 15 is 0 Å². The number of allylic oxidation sites excluding steroid dienone is 1. The lowest BCUT2D eigenvalue weighted by Crippen LogP contribution is -2.13. The van der Waals surface area contributed by atoms with Gasteiger partial charge in [-0.15, -0.1) is 0 Å². The first kappa shape index (κ1) is 21.9. The van der Waals surface area contributed by atoms with Gasteiger partial charge in [-0.25, -0.2) is 23.5 Å². The van der Waals surface area contributed by atoms with Crippen LogP contribution in [-0.4, -0.2) is 29.5 Å². The molecular weight excluding hydrogens is 426 g/mol. The highest BCUT2D eigenvalue weighted by molar-refractivity contribution is 7.89. The molecule has 1 aliphatic rings. The van der Waals surface area contributed by atoms with Crippen LogP contribution in [0.25, 0.3) is 5.57 Å². The van der Waals surface area contributed by atoms with Crippen molar-refractivity contribution < 1.29 is 13.2 Å². The van der Waals surface area contributed by atoms with E-state index in [9.17, 15) is 8.42 Å². The van der Waals surface area contributed by atoms with E-state index in [0.29, 0.717) is 17.6 Å². The van der Waals surface area contributed by atoms with Gasteiger partial charge in [0.1, 0.15) is 5.75 Å². The summed E-state index contributed by atoms with van der Waals surface area (Å²) in [5, 5.41) is 8.18. The number of aromatic nitrogens is 3. The van der Waals surface area contributed by atoms with Crippen LogP contribution in [0.1, 0.15) is 43.2 Å². The van der Waals surface area contributed by atoms with E-state index < -0.39 is 10.0 Å². The predicted octanol–water partition coefficient (Wildman–Crippen LogP) is 4.01. The molecule has 2 atom stereocenters.